The lowest BCUT2D eigenvalue weighted by Crippen LogP contribution is -2.50. The molecule has 1 fully saturated rings. The first-order valence-corrected chi connectivity index (χ1v) is 9.70. The minimum Gasteiger partial charge on any atom is -0.493 e. The number of methoxy groups -OCH3 is 3. The first kappa shape index (κ1) is 21.5. The minimum absolute atomic E-state index is 0.0833. The first-order chi connectivity index (χ1) is 14.6. The van der Waals surface area contributed by atoms with Gasteiger partial charge in [-0.3, -0.25) is 14.5 Å². The second-order valence-corrected chi connectivity index (χ2v) is 6.78. The Bertz CT molecular complexity index is 835. The topological polar surface area (TPSA) is 93.5 Å². The van der Waals surface area contributed by atoms with Crippen LogP contribution in [-0.2, 0) is 0 Å². The van der Waals surface area contributed by atoms with E-state index in [-0.39, 0.29) is 11.8 Å². The van der Waals surface area contributed by atoms with Crippen LogP contribution < -0.4 is 19.5 Å². The standard InChI is InChI=1S/C21H27N3O6/c1-27-17-13-15(14-18(28-2)19(17)29-3)21(26)24-10-8-23(9-11-24)7-6-22-20(25)16-5-4-12-30-16/h4-5,12-14H,6-11H2,1-3H3,(H,22,25). The van der Waals surface area contributed by atoms with Gasteiger partial charge < -0.3 is 28.8 Å². The highest BCUT2D eigenvalue weighted by atomic mass is 16.5. The molecule has 2 heterocycles. The summed E-state index contributed by atoms with van der Waals surface area (Å²) >= 11 is 0. The van der Waals surface area contributed by atoms with Gasteiger partial charge in [0.15, 0.2) is 17.3 Å². The molecule has 0 radical (unpaired) electrons. The monoisotopic (exact) mass is 417 g/mol. The highest BCUT2D eigenvalue weighted by Crippen LogP contribution is 2.38. The van der Waals surface area contributed by atoms with Crippen LogP contribution in [0.2, 0.25) is 0 Å². The van der Waals surface area contributed by atoms with E-state index in [2.05, 4.69) is 10.2 Å². The lowest BCUT2D eigenvalue weighted by atomic mass is 10.1. The molecule has 2 amide bonds. The van der Waals surface area contributed by atoms with Crippen LogP contribution in [0.4, 0.5) is 0 Å². The fraction of sp³-hybridized carbons (Fsp3) is 0.429. The Morgan fingerprint density at radius 2 is 1.70 bits per heavy atom. The van der Waals surface area contributed by atoms with Crippen LogP contribution in [0.25, 0.3) is 0 Å². The summed E-state index contributed by atoms with van der Waals surface area (Å²) in [4.78, 5) is 28.9. The van der Waals surface area contributed by atoms with Crippen molar-refractivity contribution in [1.29, 1.82) is 0 Å². The van der Waals surface area contributed by atoms with Gasteiger partial charge in [-0.05, 0) is 24.3 Å². The number of nitrogens with one attached hydrogen (secondary N) is 1. The zero-order valence-electron chi connectivity index (χ0n) is 17.5. The average molecular weight is 417 g/mol. The molecule has 1 N–H and O–H groups in total. The van der Waals surface area contributed by atoms with Crippen LogP contribution >= 0.6 is 0 Å². The number of piperazine rings is 1. The average Bonchev–Trinajstić information content (AvgIpc) is 3.33. The van der Waals surface area contributed by atoms with E-state index in [0.717, 1.165) is 13.1 Å². The molecule has 1 saturated heterocycles. The quantitative estimate of drug-likeness (QED) is 0.696. The van der Waals surface area contributed by atoms with E-state index in [0.29, 0.717) is 54.8 Å². The number of carbonyl (C=O) groups is 2. The van der Waals surface area contributed by atoms with Gasteiger partial charge in [0.25, 0.3) is 11.8 Å². The van der Waals surface area contributed by atoms with Crippen LogP contribution in [0.1, 0.15) is 20.9 Å². The molecule has 3 rings (SSSR count). The smallest absolute Gasteiger partial charge is 0.287 e. The fourth-order valence-electron chi connectivity index (χ4n) is 3.38. The molecule has 0 saturated carbocycles. The number of hydrogen-bond donors (Lipinski definition) is 1. The van der Waals surface area contributed by atoms with Crippen molar-refractivity contribution >= 4 is 11.8 Å². The van der Waals surface area contributed by atoms with E-state index >= 15 is 0 Å². The lowest BCUT2D eigenvalue weighted by molar-refractivity contribution is 0.0637. The molecule has 9 nitrogen and oxygen atoms in total. The summed E-state index contributed by atoms with van der Waals surface area (Å²) in [5, 5.41) is 2.83. The fourth-order valence-corrected chi connectivity index (χ4v) is 3.38. The number of rotatable bonds is 8. The molecule has 0 unspecified atom stereocenters. The zero-order chi connectivity index (χ0) is 21.5. The maximum atomic E-state index is 13.0. The second-order valence-electron chi connectivity index (χ2n) is 6.78. The van der Waals surface area contributed by atoms with Crippen molar-refractivity contribution in [2.24, 2.45) is 0 Å². The molecule has 1 aromatic heterocycles. The van der Waals surface area contributed by atoms with Crippen molar-refractivity contribution < 1.29 is 28.2 Å². The molecular weight excluding hydrogens is 390 g/mol. The molecule has 0 bridgehead atoms. The van der Waals surface area contributed by atoms with Crippen LogP contribution in [0, 0.1) is 0 Å². The van der Waals surface area contributed by atoms with Gasteiger partial charge in [0, 0.05) is 44.8 Å². The predicted molar refractivity (Wildman–Crippen MR) is 109 cm³/mol. The second kappa shape index (κ2) is 10.0. The highest BCUT2D eigenvalue weighted by Gasteiger charge is 2.24. The molecular formula is C21H27N3O6. The van der Waals surface area contributed by atoms with Crippen molar-refractivity contribution in [1.82, 2.24) is 15.1 Å². The SMILES string of the molecule is COc1cc(C(=O)N2CCN(CCNC(=O)c3ccco3)CC2)cc(OC)c1OC. The predicted octanol–water partition coefficient (Wildman–Crippen LogP) is 1.49. The van der Waals surface area contributed by atoms with Gasteiger partial charge in [-0.15, -0.1) is 0 Å². The number of hydrogen-bond acceptors (Lipinski definition) is 7. The van der Waals surface area contributed by atoms with E-state index in [9.17, 15) is 9.59 Å². The van der Waals surface area contributed by atoms with Gasteiger partial charge in [0.05, 0.1) is 27.6 Å². The van der Waals surface area contributed by atoms with Crippen molar-refractivity contribution in [3.05, 3.63) is 41.9 Å². The molecule has 0 spiro atoms. The third-order valence-corrected chi connectivity index (χ3v) is 5.03. The van der Waals surface area contributed by atoms with Crippen LogP contribution in [-0.4, -0.2) is 82.2 Å². The summed E-state index contributed by atoms with van der Waals surface area (Å²) in [5.74, 6) is 1.35. The van der Waals surface area contributed by atoms with Gasteiger partial charge in [-0.25, -0.2) is 0 Å². The van der Waals surface area contributed by atoms with Gasteiger partial charge in [-0.2, -0.15) is 0 Å². The Morgan fingerprint density at radius 1 is 1.03 bits per heavy atom. The van der Waals surface area contributed by atoms with E-state index in [1.807, 2.05) is 0 Å². The molecule has 9 heteroatoms. The molecule has 1 aliphatic rings. The number of furan rings is 1. The largest absolute Gasteiger partial charge is 0.493 e. The van der Waals surface area contributed by atoms with Crippen LogP contribution in [0.5, 0.6) is 17.2 Å². The highest BCUT2D eigenvalue weighted by molar-refractivity contribution is 5.95. The number of ether oxygens (including phenoxy) is 3. The Morgan fingerprint density at radius 3 is 2.23 bits per heavy atom. The molecule has 1 aliphatic heterocycles. The Hall–Kier alpha value is -3.20. The van der Waals surface area contributed by atoms with Gasteiger partial charge in [0.2, 0.25) is 5.75 Å². The Balaban J connectivity index is 1.52. The van der Waals surface area contributed by atoms with Gasteiger partial charge in [0.1, 0.15) is 0 Å². The van der Waals surface area contributed by atoms with Crippen LogP contribution in [0.15, 0.2) is 34.9 Å². The Labute approximate surface area is 175 Å². The van der Waals surface area contributed by atoms with Crippen molar-refractivity contribution in [2.45, 2.75) is 0 Å². The number of nitrogens with zero attached hydrogens (tertiary/aromatic N) is 2. The van der Waals surface area contributed by atoms with Crippen molar-refractivity contribution in [3.63, 3.8) is 0 Å². The molecule has 1 aromatic carbocycles. The maximum absolute atomic E-state index is 13.0. The molecule has 0 atom stereocenters. The first-order valence-electron chi connectivity index (χ1n) is 9.70. The van der Waals surface area contributed by atoms with Crippen molar-refractivity contribution in [2.75, 3.05) is 60.6 Å². The molecule has 162 valence electrons. The molecule has 30 heavy (non-hydrogen) atoms. The summed E-state index contributed by atoms with van der Waals surface area (Å²) in [6.07, 6.45) is 1.47. The van der Waals surface area contributed by atoms with E-state index in [4.69, 9.17) is 18.6 Å². The minimum atomic E-state index is -0.226. The Kier molecular flexibility index (Phi) is 7.18. The number of amides is 2. The third kappa shape index (κ3) is 4.85. The van der Waals surface area contributed by atoms with Gasteiger partial charge >= 0.3 is 0 Å². The molecule has 2 aromatic rings. The summed E-state index contributed by atoms with van der Waals surface area (Å²) in [5.41, 5.74) is 0.490. The summed E-state index contributed by atoms with van der Waals surface area (Å²) in [6, 6.07) is 6.64. The molecule has 0 aliphatic carbocycles. The normalized spacial score (nSPS) is 14.3. The van der Waals surface area contributed by atoms with E-state index in [1.54, 1.807) is 29.2 Å². The van der Waals surface area contributed by atoms with E-state index < -0.39 is 0 Å². The number of carbonyl (C=O) groups excluding carboxylic acids is 2. The zero-order valence-corrected chi connectivity index (χ0v) is 17.5. The summed E-state index contributed by atoms with van der Waals surface area (Å²) in [6.45, 7) is 3.88. The third-order valence-electron chi connectivity index (χ3n) is 5.03. The summed E-state index contributed by atoms with van der Waals surface area (Å²) < 4.78 is 21.1. The van der Waals surface area contributed by atoms with Gasteiger partial charge in [-0.1, -0.05) is 0 Å². The maximum Gasteiger partial charge on any atom is 0.287 e. The number of benzene rings is 1. The van der Waals surface area contributed by atoms with E-state index in [1.165, 1.54) is 27.6 Å². The van der Waals surface area contributed by atoms with Crippen molar-refractivity contribution in [3.8, 4) is 17.2 Å². The van der Waals surface area contributed by atoms with Crippen LogP contribution in [0.3, 0.4) is 0 Å². The lowest BCUT2D eigenvalue weighted by Gasteiger charge is -2.34. The summed E-state index contributed by atoms with van der Waals surface area (Å²) in [7, 11) is 4.57.